The second-order valence-electron chi connectivity index (χ2n) is 4.36. The predicted octanol–water partition coefficient (Wildman–Crippen LogP) is 2.73. The molecule has 88 valence electrons. The lowest BCUT2D eigenvalue weighted by molar-refractivity contribution is 0.664. The van der Waals surface area contributed by atoms with Crippen LogP contribution in [0.3, 0.4) is 0 Å². The van der Waals surface area contributed by atoms with Crippen molar-refractivity contribution in [2.75, 3.05) is 0 Å². The number of hydrogen-bond donors (Lipinski definition) is 1. The number of benzene rings is 1. The number of aromatic nitrogens is 2. The summed E-state index contributed by atoms with van der Waals surface area (Å²) in [5, 5.41) is 8.07. The van der Waals surface area contributed by atoms with Gasteiger partial charge in [-0.25, -0.2) is 4.68 Å². The summed E-state index contributed by atoms with van der Waals surface area (Å²) in [5.74, 6) is 0. The molecule has 1 aliphatic rings. The lowest BCUT2D eigenvalue weighted by Gasteiger charge is -2.03. The van der Waals surface area contributed by atoms with Crippen LogP contribution in [0.5, 0.6) is 0 Å². The van der Waals surface area contributed by atoms with Gasteiger partial charge < -0.3 is 5.32 Å². The molecule has 1 fully saturated rings. The van der Waals surface area contributed by atoms with Gasteiger partial charge in [-0.3, -0.25) is 0 Å². The Morgan fingerprint density at radius 2 is 2.12 bits per heavy atom. The van der Waals surface area contributed by atoms with Gasteiger partial charge in [-0.05, 0) is 53.6 Å². The number of halogens is 1. The number of nitrogens with one attached hydrogen (secondary N) is 1. The Hall–Kier alpha value is -0.880. The Morgan fingerprint density at radius 3 is 2.88 bits per heavy atom. The van der Waals surface area contributed by atoms with E-state index in [4.69, 9.17) is 0 Å². The molecule has 0 saturated heterocycles. The van der Waals surface area contributed by atoms with Gasteiger partial charge in [0.25, 0.3) is 0 Å². The fourth-order valence-electron chi connectivity index (χ4n) is 1.76. The Morgan fingerprint density at radius 1 is 1.29 bits per heavy atom. The second-order valence-corrected chi connectivity index (χ2v) is 5.52. The third-order valence-corrected chi connectivity index (χ3v) is 3.80. The average molecular weight is 339 g/mol. The van der Waals surface area contributed by atoms with Crippen LogP contribution in [-0.4, -0.2) is 15.8 Å². The molecule has 1 saturated carbocycles. The van der Waals surface area contributed by atoms with E-state index in [1.807, 2.05) is 23.0 Å². The van der Waals surface area contributed by atoms with E-state index >= 15 is 0 Å². The standard InChI is InChI=1S/C13H14IN3/c14-12-3-1-2-4-13(12)17-8-7-11(16-17)9-15-10-5-6-10/h1-4,7-8,10,15H,5-6,9H2. The first-order valence-corrected chi connectivity index (χ1v) is 6.93. The molecule has 0 amide bonds. The normalized spacial score (nSPS) is 15.1. The van der Waals surface area contributed by atoms with Crippen molar-refractivity contribution in [1.82, 2.24) is 15.1 Å². The highest BCUT2D eigenvalue weighted by molar-refractivity contribution is 14.1. The van der Waals surface area contributed by atoms with Crippen LogP contribution in [0.1, 0.15) is 18.5 Å². The molecular formula is C13H14IN3. The van der Waals surface area contributed by atoms with E-state index in [1.54, 1.807) is 0 Å². The van der Waals surface area contributed by atoms with Crippen molar-refractivity contribution >= 4 is 22.6 Å². The van der Waals surface area contributed by atoms with E-state index in [9.17, 15) is 0 Å². The van der Waals surface area contributed by atoms with Crippen LogP contribution in [0.2, 0.25) is 0 Å². The monoisotopic (exact) mass is 339 g/mol. The summed E-state index contributed by atoms with van der Waals surface area (Å²) in [6, 6.07) is 11.1. The molecule has 0 bridgehead atoms. The second kappa shape index (κ2) is 4.78. The molecule has 1 aliphatic carbocycles. The van der Waals surface area contributed by atoms with E-state index in [0.717, 1.165) is 24.0 Å². The fourth-order valence-corrected chi connectivity index (χ4v) is 2.40. The molecular weight excluding hydrogens is 325 g/mol. The van der Waals surface area contributed by atoms with Crippen molar-refractivity contribution in [1.29, 1.82) is 0 Å². The lowest BCUT2D eigenvalue weighted by Crippen LogP contribution is -2.15. The first-order valence-electron chi connectivity index (χ1n) is 5.86. The molecule has 2 aromatic rings. The van der Waals surface area contributed by atoms with E-state index in [-0.39, 0.29) is 0 Å². The van der Waals surface area contributed by atoms with Crippen LogP contribution >= 0.6 is 22.6 Å². The van der Waals surface area contributed by atoms with E-state index in [0.29, 0.717) is 0 Å². The minimum atomic E-state index is 0.733. The van der Waals surface area contributed by atoms with Crippen molar-refractivity contribution in [3.05, 3.63) is 45.8 Å². The van der Waals surface area contributed by atoms with Crippen LogP contribution in [0.4, 0.5) is 0 Å². The van der Waals surface area contributed by atoms with E-state index in [2.05, 4.69) is 51.2 Å². The summed E-state index contributed by atoms with van der Waals surface area (Å²) in [5.41, 5.74) is 2.25. The summed E-state index contributed by atoms with van der Waals surface area (Å²) < 4.78 is 3.17. The van der Waals surface area contributed by atoms with Gasteiger partial charge in [-0.15, -0.1) is 0 Å². The molecule has 3 nitrogen and oxygen atoms in total. The van der Waals surface area contributed by atoms with Gasteiger partial charge >= 0.3 is 0 Å². The summed E-state index contributed by atoms with van der Waals surface area (Å²) in [6.45, 7) is 0.876. The SMILES string of the molecule is Ic1ccccc1-n1ccc(CNC2CC2)n1. The van der Waals surface area contributed by atoms with Crippen LogP contribution < -0.4 is 5.32 Å². The predicted molar refractivity (Wildman–Crippen MR) is 76.1 cm³/mol. The Bertz CT molecular complexity index is 517. The maximum Gasteiger partial charge on any atom is 0.0779 e. The quantitative estimate of drug-likeness (QED) is 0.868. The first kappa shape index (κ1) is 11.2. The summed E-state index contributed by atoms with van der Waals surface area (Å²) in [7, 11) is 0. The zero-order valence-corrected chi connectivity index (χ0v) is 11.6. The number of rotatable bonds is 4. The third-order valence-electron chi connectivity index (χ3n) is 2.89. The number of nitrogens with zero attached hydrogens (tertiary/aromatic N) is 2. The average Bonchev–Trinajstić information content (AvgIpc) is 3.06. The van der Waals surface area contributed by atoms with Gasteiger partial charge in [0.15, 0.2) is 0 Å². The van der Waals surface area contributed by atoms with Crippen molar-refractivity contribution in [2.24, 2.45) is 0 Å². The zero-order chi connectivity index (χ0) is 11.7. The largest absolute Gasteiger partial charge is 0.308 e. The summed E-state index contributed by atoms with van der Waals surface area (Å²) in [4.78, 5) is 0. The highest BCUT2D eigenvalue weighted by Crippen LogP contribution is 2.19. The minimum absolute atomic E-state index is 0.733. The van der Waals surface area contributed by atoms with Crippen LogP contribution in [0, 0.1) is 3.57 Å². The topological polar surface area (TPSA) is 29.9 Å². The highest BCUT2D eigenvalue weighted by atomic mass is 127. The van der Waals surface area contributed by atoms with Crippen molar-refractivity contribution in [3.63, 3.8) is 0 Å². The van der Waals surface area contributed by atoms with Gasteiger partial charge in [0.2, 0.25) is 0 Å². The van der Waals surface area contributed by atoms with Gasteiger partial charge in [0.05, 0.1) is 11.4 Å². The van der Waals surface area contributed by atoms with Gasteiger partial charge in [0.1, 0.15) is 0 Å². The highest BCUT2D eigenvalue weighted by Gasteiger charge is 2.20. The molecule has 1 aromatic carbocycles. The molecule has 0 spiro atoms. The summed E-state index contributed by atoms with van der Waals surface area (Å²) in [6.07, 6.45) is 4.66. The molecule has 1 N–H and O–H groups in total. The molecule has 1 heterocycles. The molecule has 17 heavy (non-hydrogen) atoms. The first-order chi connectivity index (χ1) is 8.33. The fraction of sp³-hybridized carbons (Fsp3) is 0.308. The van der Waals surface area contributed by atoms with E-state index < -0.39 is 0 Å². The van der Waals surface area contributed by atoms with Crippen molar-refractivity contribution in [2.45, 2.75) is 25.4 Å². The number of para-hydroxylation sites is 1. The molecule has 0 unspecified atom stereocenters. The van der Waals surface area contributed by atoms with Crippen molar-refractivity contribution in [3.8, 4) is 5.69 Å². The molecule has 3 rings (SSSR count). The third kappa shape index (κ3) is 2.69. The summed E-state index contributed by atoms with van der Waals surface area (Å²) >= 11 is 2.34. The Balaban J connectivity index is 1.77. The van der Waals surface area contributed by atoms with Crippen LogP contribution in [0.25, 0.3) is 5.69 Å². The maximum atomic E-state index is 4.59. The smallest absolute Gasteiger partial charge is 0.0779 e. The molecule has 1 aromatic heterocycles. The Labute approximate surface area is 114 Å². The molecule has 4 heteroatoms. The minimum Gasteiger partial charge on any atom is -0.308 e. The molecule has 0 radical (unpaired) electrons. The van der Waals surface area contributed by atoms with Crippen LogP contribution in [-0.2, 0) is 6.54 Å². The van der Waals surface area contributed by atoms with Crippen molar-refractivity contribution < 1.29 is 0 Å². The maximum absolute atomic E-state index is 4.59. The van der Waals surface area contributed by atoms with E-state index in [1.165, 1.54) is 16.4 Å². The molecule has 0 aliphatic heterocycles. The van der Waals surface area contributed by atoms with Gasteiger partial charge in [0, 0.05) is 22.4 Å². The van der Waals surface area contributed by atoms with Gasteiger partial charge in [-0.2, -0.15) is 5.10 Å². The zero-order valence-electron chi connectivity index (χ0n) is 9.44. The molecule has 0 atom stereocenters. The Kier molecular flexibility index (Phi) is 3.15. The van der Waals surface area contributed by atoms with Crippen LogP contribution in [0.15, 0.2) is 36.5 Å². The van der Waals surface area contributed by atoms with Gasteiger partial charge in [-0.1, -0.05) is 12.1 Å². The lowest BCUT2D eigenvalue weighted by atomic mass is 10.3. The number of hydrogen-bond acceptors (Lipinski definition) is 2.